The van der Waals surface area contributed by atoms with E-state index in [0.29, 0.717) is 15.8 Å². The van der Waals surface area contributed by atoms with E-state index in [1.807, 2.05) is 0 Å². The van der Waals surface area contributed by atoms with Crippen molar-refractivity contribution < 1.29 is 27.4 Å². The molecule has 1 heterocycles. The van der Waals surface area contributed by atoms with Crippen LogP contribution in [0.3, 0.4) is 0 Å². The lowest BCUT2D eigenvalue weighted by Gasteiger charge is -2.16. The number of hydrogen-bond donors (Lipinski definition) is 1. The van der Waals surface area contributed by atoms with E-state index in [1.165, 1.54) is 18.3 Å². The van der Waals surface area contributed by atoms with E-state index in [-0.39, 0.29) is 16.2 Å². The Morgan fingerprint density at radius 1 is 1.33 bits per heavy atom. The highest BCUT2D eigenvalue weighted by atomic mass is 79.9. The molecule has 6 nitrogen and oxygen atoms in total. The standard InChI is InChI=1S/C17H14Br2FNO5S/c1-27(24,25)12-3-2-11(26-9-4-8(18)6-21-7-9)15-14(12)10(5-13(22)23)17(20)16(15)19/h2-4,6-7,10,16-17H,5H2,1H3,(H,22,23)/t10-,16?,17-/m0/s1. The van der Waals surface area contributed by atoms with E-state index < -0.39 is 39.1 Å². The van der Waals surface area contributed by atoms with E-state index >= 15 is 0 Å². The molecule has 0 aliphatic heterocycles. The number of halogens is 3. The molecule has 1 unspecified atom stereocenters. The first-order valence-corrected chi connectivity index (χ1v) is 11.3. The SMILES string of the molecule is CS(=O)(=O)c1ccc(Oc2cncc(Br)c2)c2c1[C@H](CC(=O)O)[C@H](F)C2Br. The number of carboxylic acids is 1. The molecule has 0 radical (unpaired) electrons. The van der Waals surface area contributed by atoms with Gasteiger partial charge in [-0.1, -0.05) is 15.9 Å². The van der Waals surface area contributed by atoms with Crippen molar-refractivity contribution in [2.45, 2.75) is 28.2 Å². The minimum absolute atomic E-state index is 0.0898. The molecule has 0 amide bonds. The van der Waals surface area contributed by atoms with Crippen molar-refractivity contribution in [1.82, 2.24) is 4.98 Å². The Morgan fingerprint density at radius 2 is 2.04 bits per heavy atom. The zero-order valence-corrected chi connectivity index (χ0v) is 17.9. The summed E-state index contributed by atoms with van der Waals surface area (Å²) in [6, 6.07) is 4.42. The monoisotopic (exact) mass is 521 g/mol. The number of ether oxygens (including phenoxy) is 1. The number of carboxylic acid groups (broad SMARTS) is 1. The lowest BCUT2D eigenvalue weighted by molar-refractivity contribution is -0.137. The summed E-state index contributed by atoms with van der Waals surface area (Å²) in [5, 5.41) is 9.16. The Bertz CT molecular complexity index is 1010. The molecule has 1 aliphatic carbocycles. The summed E-state index contributed by atoms with van der Waals surface area (Å²) in [5.74, 6) is -1.70. The number of sulfone groups is 1. The first kappa shape index (κ1) is 20.2. The third kappa shape index (κ3) is 4.02. The molecule has 1 aromatic carbocycles. The van der Waals surface area contributed by atoms with Gasteiger partial charge in [-0.3, -0.25) is 9.78 Å². The largest absolute Gasteiger partial charge is 0.481 e. The van der Waals surface area contributed by atoms with Gasteiger partial charge in [-0.25, -0.2) is 12.8 Å². The zero-order valence-electron chi connectivity index (χ0n) is 13.9. The fraction of sp³-hybridized carbons (Fsp3) is 0.294. The van der Waals surface area contributed by atoms with Gasteiger partial charge in [0.1, 0.15) is 17.7 Å². The summed E-state index contributed by atoms with van der Waals surface area (Å²) < 4.78 is 45.8. The Hall–Kier alpha value is -1.52. The maximum Gasteiger partial charge on any atom is 0.304 e. The van der Waals surface area contributed by atoms with Crippen LogP contribution in [0.4, 0.5) is 4.39 Å². The Kier molecular flexibility index (Phi) is 5.60. The molecule has 2 aromatic rings. The van der Waals surface area contributed by atoms with Crippen LogP contribution in [-0.4, -0.2) is 36.9 Å². The summed E-state index contributed by atoms with van der Waals surface area (Å²) >= 11 is 6.52. The van der Waals surface area contributed by atoms with E-state index in [0.717, 1.165) is 6.26 Å². The van der Waals surface area contributed by atoms with Crippen LogP contribution >= 0.6 is 31.9 Å². The number of rotatable bonds is 5. The average molecular weight is 523 g/mol. The smallest absolute Gasteiger partial charge is 0.304 e. The molecule has 27 heavy (non-hydrogen) atoms. The van der Waals surface area contributed by atoms with Crippen molar-refractivity contribution in [3.05, 3.63) is 46.2 Å². The topological polar surface area (TPSA) is 93.6 Å². The first-order valence-electron chi connectivity index (χ1n) is 7.74. The van der Waals surface area contributed by atoms with E-state index in [9.17, 15) is 17.6 Å². The molecule has 0 saturated heterocycles. The van der Waals surface area contributed by atoms with Crippen LogP contribution in [0.2, 0.25) is 0 Å². The lowest BCUT2D eigenvalue weighted by atomic mass is 9.96. The zero-order chi connectivity index (χ0) is 19.9. The summed E-state index contributed by atoms with van der Waals surface area (Å²) in [4.78, 5) is 14.2. The molecule has 1 aliphatic rings. The quantitative estimate of drug-likeness (QED) is 0.585. The predicted molar refractivity (Wildman–Crippen MR) is 103 cm³/mol. The molecular formula is C17H14Br2FNO5S. The molecule has 3 rings (SSSR count). The van der Waals surface area contributed by atoms with Crippen LogP contribution in [0.25, 0.3) is 0 Å². The molecule has 0 bridgehead atoms. The first-order chi connectivity index (χ1) is 12.6. The number of aromatic nitrogens is 1. The Balaban J connectivity index is 2.19. The van der Waals surface area contributed by atoms with Crippen LogP contribution in [-0.2, 0) is 14.6 Å². The minimum Gasteiger partial charge on any atom is -0.481 e. The number of aliphatic carboxylic acids is 1. The minimum atomic E-state index is -3.70. The lowest BCUT2D eigenvalue weighted by Crippen LogP contribution is -2.15. The van der Waals surface area contributed by atoms with E-state index in [4.69, 9.17) is 9.84 Å². The summed E-state index contributed by atoms with van der Waals surface area (Å²) in [5.41, 5.74) is 0.450. The van der Waals surface area contributed by atoms with Crippen LogP contribution < -0.4 is 4.74 Å². The van der Waals surface area contributed by atoms with Crippen molar-refractivity contribution in [2.24, 2.45) is 0 Å². The number of benzene rings is 1. The second-order valence-electron chi connectivity index (χ2n) is 6.15. The molecule has 144 valence electrons. The van der Waals surface area contributed by atoms with Gasteiger partial charge in [-0.2, -0.15) is 0 Å². The highest BCUT2D eigenvalue weighted by Gasteiger charge is 2.45. The van der Waals surface area contributed by atoms with E-state index in [2.05, 4.69) is 36.8 Å². The van der Waals surface area contributed by atoms with Gasteiger partial charge in [-0.15, -0.1) is 0 Å². The molecule has 3 atom stereocenters. The fourth-order valence-corrected chi connectivity index (χ4v) is 5.34. The van der Waals surface area contributed by atoms with Gasteiger partial charge >= 0.3 is 5.97 Å². The second kappa shape index (κ2) is 7.48. The van der Waals surface area contributed by atoms with Gasteiger partial charge in [0.2, 0.25) is 0 Å². The van der Waals surface area contributed by atoms with Crippen LogP contribution in [0, 0.1) is 0 Å². The van der Waals surface area contributed by atoms with Gasteiger partial charge < -0.3 is 9.84 Å². The number of pyridine rings is 1. The van der Waals surface area contributed by atoms with Crippen molar-refractivity contribution in [2.75, 3.05) is 6.26 Å². The fourth-order valence-electron chi connectivity index (χ4n) is 3.18. The number of carbonyl (C=O) groups is 1. The van der Waals surface area contributed by atoms with Crippen LogP contribution in [0.1, 0.15) is 28.3 Å². The molecule has 0 fully saturated rings. The second-order valence-corrected chi connectivity index (χ2v) is 10.0. The van der Waals surface area contributed by atoms with Crippen molar-refractivity contribution in [3.63, 3.8) is 0 Å². The van der Waals surface area contributed by atoms with Crippen LogP contribution in [0.5, 0.6) is 11.5 Å². The maximum absolute atomic E-state index is 14.9. The molecule has 10 heteroatoms. The normalized spacial score (nSPS) is 21.7. The Labute approximate surface area is 171 Å². The number of nitrogens with zero attached hydrogens (tertiary/aromatic N) is 1. The highest BCUT2D eigenvalue weighted by Crippen LogP contribution is 2.54. The van der Waals surface area contributed by atoms with Gasteiger partial charge in [0.05, 0.1) is 22.3 Å². The van der Waals surface area contributed by atoms with Gasteiger partial charge in [0.15, 0.2) is 9.84 Å². The molecular weight excluding hydrogens is 509 g/mol. The average Bonchev–Trinajstić information content (AvgIpc) is 2.79. The Morgan fingerprint density at radius 3 is 2.63 bits per heavy atom. The number of hydrogen-bond acceptors (Lipinski definition) is 5. The molecule has 0 spiro atoms. The summed E-state index contributed by atoms with van der Waals surface area (Å²) in [6.07, 6.45) is 1.90. The van der Waals surface area contributed by atoms with Gasteiger partial charge in [-0.05, 0) is 39.7 Å². The van der Waals surface area contributed by atoms with Gasteiger partial charge in [0.25, 0.3) is 0 Å². The third-order valence-corrected chi connectivity index (χ3v) is 6.77. The highest BCUT2D eigenvalue weighted by molar-refractivity contribution is 9.10. The number of fused-ring (bicyclic) bond motifs is 1. The van der Waals surface area contributed by atoms with Crippen molar-refractivity contribution in [3.8, 4) is 11.5 Å². The van der Waals surface area contributed by atoms with Crippen LogP contribution in [0.15, 0.2) is 40.0 Å². The molecule has 1 N–H and O–H groups in total. The summed E-state index contributed by atoms with van der Waals surface area (Å²) in [7, 11) is -3.70. The van der Waals surface area contributed by atoms with E-state index in [1.54, 1.807) is 12.3 Å². The van der Waals surface area contributed by atoms with Crippen molar-refractivity contribution in [1.29, 1.82) is 0 Å². The third-order valence-electron chi connectivity index (χ3n) is 4.22. The number of alkyl halides is 2. The predicted octanol–water partition coefficient (Wildman–Crippen LogP) is 4.39. The molecule has 1 aromatic heterocycles. The molecule has 0 saturated carbocycles. The maximum atomic E-state index is 14.9. The van der Waals surface area contributed by atoms with Gasteiger partial charge in [0, 0.05) is 28.4 Å². The summed E-state index contributed by atoms with van der Waals surface area (Å²) in [6.45, 7) is 0. The van der Waals surface area contributed by atoms with Crippen molar-refractivity contribution >= 4 is 47.7 Å².